The van der Waals surface area contributed by atoms with Gasteiger partial charge in [-0.1, -0.05) is 72.3 Å². The molecule has 1 atom stereocenters. The molecule has 0 aliphatic carbocycles. The second-order valence-corrected chi connectivity index (χ2v) is 14.9. The number of benzene rings is 3. The molecule has 288 valence electrons. The summed E-state index contributed by atoms with van der Waals surface area (Å²) in [7, 11) is 0. The smallest absolute Gasteiger partial charge is 0.465 e. The Balaban J connectivity index is 1.24. The van der Waals surface area contributed by atoms with Crippen LogP contribution in [0.4, 0.5) is 22.8 Å². The van der Waals surface area contributed by atoms with Crippen molar-refractivity contribution >= 4 is 23.8 Å². The molecule has 1 aromatic heterocycles. The molecule has 13 heteroatoms. The summed E-state index contributed by atoms with van der Waals surface area (Å²) in [6, 6.07) is 21.8. The molecular formula is C41H46ClF3N4O5. The Morgan fingerprint density at radius 2 is 1.48 bits per heavy atom. The van der Waals surface area contributed by atoms with Gasteiger partial charge in [0.1, 0.15) is 11.4 Å². The number of hydrogen-bond donors (Lipinski definition) is 3. The Morgan fingerprint density at radius 1 is 0.907 bits per heavy atom. The minimum atomic E-state index is -4.70. The minimum absolute atomic E-state index is 0.144. The Morgan fingerprint density at radius 3 is 2.04 bits per heavy atom. The maximum atomic E-state index is 12.5. The molecule has 2 heterocycles. The van der Waals surface area contributed by atoms with E-state index in [-0.39, 0.29) is 18.7 Å². The first-order valence-corrected chi connectivity index (χ1v) is 18.2. The van der Waals surface area contributed by atoms with Crippen molar-refractivity contribution < 1.29 is 37.3 Å². The number of rotatable bonds is 11. The molecule has 3 N–H and O–H groups in total. The quantitative estimate of drug-likeness (QED) is 0.139. The average molecular weight is 767 g/mol. The molecule has 0 spiro atoms. The van der Waals surface area contributed by atoms with Crippen LogP contribution in [-0.2, 0) is 11.3 Å². The molecule has 5 rings (SSSR count). The highest BCUT2D eigenvalue weighted by Crippen LogP contribution is 2.39. The third kappa shape index (κ3) is 11.1. The van der Waals surface area contributed by atoms with Crippen molar-refractivity contribution in [3.63, 3.8) is 0 Å². The van der Waals surface area contributed by atoms with Gasteiger partial charge in [-0.15, -0.1) is 13.2 Å². The maximum absolute atomic E-state index is 12.5. The lowest BCUT2D eigenvalue weighted by Crippen LogP contribution is -2.35. The Hall–Kier alpha value is -4.81. The van der Waals surface area contributed by atoms with E-state index >= 15 is 0 Å². The summed E-state index contributed by atoms with van der Waals surface area (Å²) < 4.78 is 46.9. The van der Waals surface area contributed by atoms with Crippen molar-refractivity contribution in [1.82, 2.24) is 20.5 Å². The Kier molecular flexibility index (Phi) is 12.8. The summed E-state index contributed by atoms with van der Waals surface area (Å²) in [6.07, 6.45) is -4.45. The van der Waals surface area contributed by atoms with Crippen molar-refractivity contribution in [2.45, 2.75) is 84.3 Å². The van der Waals surface area contributed by atoms with Crippen LogP contribution in [0.3, 0.4) is 0 Å². The van der Waals surface area contributed by atoms with Gasteiger partial charge in [0.2, 0.25) is 0 Å². The number of alkyl carbamates (subject to hydrolysis) is 1. The van der Waals surface area contributed by atoms with Crippen LogP contribution in [0.25, 0.3) is 22.3 Å². The number of pyridine rings is 1. The topological polar surface area (TPSA) is 113 Å². The van der Waals surface area contributed by atoms with Crippen LogP contribution in [0.1, 0.15) is 80.1 Å². The number of aromatic nitrogens is 1. The molecule has 1 saturated heterocycles. The fourth-order valence-electron chi connectivity index (χ4n) is 6.87. The van der Waals surface area contributed by atoms with Gasteiger partial charge in [0, 0.05) is 29.9 Å². The highest BCUT2D eigenvalue weighted by Gasteiger charge is 2.31. The van der Waals surface area contributed by atoms with E-state index in [2.05, 4.69) is 49.5 Å². The highest BCUT2D eigenvalue weighted by molar-refractivity contribution is 6.32. The number of ether oxygens (including phenoxy) is 2. The second kappa shape index (κ2) is 17.1. The van der Waals surface area contributed by atoms with E-state index < -0.39 is 30.2 Å². The van der Waals surface area contributed by atoms with E-state index in [4.69, 9.17) is 16.3 Å². The molecule has 9 nitrogen and oxygen atoms in total. The molecule has 1 aliphatic rings. The fraction of sp³-hybridized carbons (Fsp3) is 0.390. The molecule has 2 amide bonds. The van der Waals surface area contributed by atoms with E-state index in [0.29, 0.717) is 27.9 Å². The van der Waals surface area contributed by atoms with Gasteiger partial charge in [-0.3, -0.25) is 9.88 Å². The van der Waals surface area contributed by atoms with Crippen LogP contribution >= 0.6 is 11.6 Å². The number of carbonyl (C=O) groups is 2. The lowest BCUT2D eigenvalue weighted by Gasteiger charge is -2.32. The molecule has 4 aromatic rings. The van der Waals surface area contributed by atoms with Gasteiger partial charge in [-0.25, -0.2) is 9.59 Å². The molecule has 0 saturated carbocycles. The van der Waals surface area contributed by atoms with Crippen molar-refractivity contribution in [2.75, 3.05) is 19.6 Å². The lowest BCUT2D eigenvalue weighted by atomic mass is 9.89. The van der Waals surface area contributed by atoms with Crippen molar-refractivity contribution in [3.8, 4) is 28.0 Å². The lowest BCUT2D eigenvalue weighted by molar-refractivity contribution is -0.274. The third-order valence-electron chi connectivity index (χ3n) is 9.31. The van der Waals surface area contributed by atoms with Gasteiger partial charge < -0.3 is 25.2 Å². The first-order chi connectivity index (χ1) is 25.5. The average Bonchev–Trinajstić information content (AvgIpc) is 3.09. The Bertz CT molecular complexity index is 1910. The van der Waals surface area contributed by atoms with Crippen molar-refractivity contribution in [1.29, 1.82) is 0 Å². The monoisotopic (exact) mass is 766 g/mol. The zero-order valence-electron chi connectivity index (χ0n) is 31.0. The number of likely N-dealkylation sites (tertiary alicyclic amines) is 1. The number of piperidine rings is 1. The fourth-order valence-corrected chi connectivity index (χ4v) is 7.14. The number of alkyl halides is 3. The van der Waals surface area contributed by atoms with E-state index in [1.807, 2.05) is 31.2 Å². The summed E-state index contributed by atoms with van der Waals surface area (Å²) >= 11 is 6.85. The number of aryl methyl sites for hydroxylation is 2. The van der Waals surface area contributed by atoms with Gasteiger partial charge in [-0.2, -0.15) is 0 Å². The van der Waals surface area contributed by atoms with E-state index in [1.165, 1.54) is 17.7 Å². The first-order valence-electron chi connectivity index (χ1n) is 17.9. The van der Waals surface area contributed by atoms with Gasteiger partial charge in [0.15, 0.2) is 0 Å². The van der Waals surface area contributed by atoms with E-state index in [0.717, 1.165) is 60.3 Å². The predicted octanol–water partition coefficient (Wildman–Crippen LogP) is 10.2. The number of amides is 2. The number of nitrogens with one attached hydrogen (secondary N) is 2. The van der Waals surface area contributed by atoms with E-state index in [1.54, 1.807) is 39.8 Å². The largest absolute Gasteiger partial charge is 0.573 e. The van der Waals surface area contributed by atoms with Crippen LogP contribution < -0.4 is 15.4 Å². The zero-order chi connectivity index (χ0) is 39.2. The summed E-state index contributed by atoms with van der Waals surface area (Å²) in [6.45, 7) is 11.6. The molecule has 0 bridgehead atoms. The van der Waals surface area contributed by atoms with Gasteiger partial charge in [0.05, 0.1) is 16.8 Å². The number of hydrogen-bond acceptors (Lipinski definition) is 6. The van der Waals surface area contributed by atoms with Crippen LogP contribution in [0.15, 0.2) is 72.8 Å². The molecule has 1 unspecified atom stereocenters. The number of carbonyl (C=O) groups excluding carboxylic acids is 1. The molecular weight excluding hydrogens is 721 g/mol. The molecule has 3 aromatic carbocycles. The summed E-state index contributed by atoms with van der Waals surface area (Å²) in [5, 5.41) is 15.4. The second-order valence-electron chi connectivity index (χ2n) is 14.5. The number of nitrogens with zero attached hydrogens (tertiary/aromatic N) is 2. The maximum Gasteiger partial charge on any atom is 0.573 e. The van der Waals surface area contributed by atoms with Crippen LogP contribution in [0.5, 0.6) is 5.75 Å². The van der Waals surface area contributed by atoms with Crippen LogP contribution in [0, 0.1) is 13.8 Å². The first kappa shape index (κ1) is 40.4. The Labute approximate surface area is 318 Å². The van der Waals surface area contributed by atoms with Crippen LogP contribution in [-0.4, -0.2) is 58.8 Å². The third-order valence-corrected chi connectivity index (χ3v) is 9.78. The summed E-state index contributed by atoms with van der Waals surface area (Å²) in [4.78, 5) is 31.2. The van der Waals surface area contributed by atoms with Gasteiger partial charge in [-0.05, 0) is 113 Å². The van der Waals surface area contributed by atoms with Gasteiger partial charge in [0.25, 0.3) is 0 Å². The van der Waals surface area contributed by atoms with Crippen molar-refractivity contribution in [3.05, 3.63) is 106 Å². The van der Waals surface area contributed by atoms with Crippen LogP contribution in [0.2, 0.25) is 5.02 Å². The molecule has 1 fully saturated rings. The van der Waals surface area contributed by atoms with Crippen molar-refractivity contribution in [2.24, 2.45) is 0 Å². The van der Waals surface area contributed by atoms with Gasteiger partial charge >= 0.3 is 18.5 Å². The normalized spacial score (nSPS) is 14.7. The molecule has 0 radical (unpaired) electrons. The minimum Gasteiger partial charge on any atom is -0.465 e. The molecule has 54 heavy (non-hydrogen) atoms. The summed E-state index contributed by atoms with van der Waals surface area (Å²) in [5.41, 5.74) is 6.97. The predicted molar refractivity (Wildman–Crippen MR) is 203 cm³/mol. The number of halogens is 4. The number of carboxylic acid groups (broad SMARTS) is 1. The molecule has 1 aliphatic heterocycles. The van der Waals surface area contributed by atoms with E-state index in [9.17, 15) is 27.9 Å². The summed E-state index contributed by atoms with van der Waals surface area (Å²) in [5.74, 6) is 0.0845. The standard InChI is InChI=1S/C41H46ClF3N4O5/c1-25-35(36(37(42)26(2)47-25)34(48-38(50)51)18-21-46-39(52)54-40(3,4)5)32-12-10-29(11-13-32)28-8-6-27(7-9-28)24-49-22-19-31(20-23-49)30-14-16-33(17-15-30)53-41(43,44)45/h6-17,31,34,48H,18-24H2,1-5H3,(H,46,52)(H,50,51). The highest BCUT2D eigenvalue weighted by atomic mass is 35.5. The SMILES string of the molecule is Cc1nc(C)c(-c2ccc(-c3ccc(CN4CCC(c5ccc(OC(F)(F)F)cc5)CC4)cc3)cc2)c(C(CCNC(=O)OC(C)(C)C)NC(=O)O)c1Cl. The zero-order valence-corrected chi connectivity index (χ0v) is 31.8.